The van der Waals surface area contributed by atoms with Crippen LogP contribution in [0.3, 0.4) is 0 Å². The normalized spacial score (nSPS) is 20.2. The molecule has 0 spiro atoms. The van der Waals surface area contributed by atoms with E-state index in [4.69, 9.17) is 0 Å². The number of hydrogen-bond donors (Lipinski definition) is 1. The van der Waals surface area contributed by atoms with Crippen LogP contribution in [0.15, 0.2) is 48.5 Å². The fourth-order valence-electron chi connectivity index (χ4n) is 5.10. The molecule has 2 aromatic rings. The van der Waals surface area contributed by atoms with E-state index in [1.807, 2.05) is 41.3 Å². The number of nitrogens with zero attached hydrogens (tertiary/aromatic N) is 2. The maximum absolute atomic E-state index is 13.9. The number of amides is 3. The van der Waals surface area contributed by atoms with Crippen molar-refractivity contribution in [2.45, 2.75) is 44.9 Å². The Bertz CT molecular complexity index is 1060. The smallest absolute Gasteiger partial charge is 0.227 e. The van der Waals surface area contributed by atoms with Gasteiger partial charge in [0.05, 0.1) is 12.3 Å². The summed E-state index contributed by atoms with van der Waals surface area (Å²) in [5, 5.41) is 3.02. The number of nitrogens with one attached hydrogen (secondary N) is 1. The topological polar surface area (TPSA) is 69.7 Å². The third kappa shape index (κ3) is 6.47. The monoisotopic (exact) mass is 479 g/mol. The highest BCUT2D eigenvalue weighted by molar-refractivity contribution is 5.82. The summed E-state index contributed by atoms with van der Waals surface area (Å²) < 4.78 is 13.9. The van der Waals surface area contributed by atoms with E-state index in [9.17, 15) is 18.8 Å². The van der Waals surface area contributed by atoms with Crippen molar-refractivity contribution in [3.63, 3.8) is 0 Å². The van der Waals surface area contributed by atoms with Gasteiger partial charge in [0.25, 0.3) is 0 Å². The van der Waals surface area contributed by atoms with Crippen molar-refractivity contribution in [2.75, 3.05) is 32.7 Å². The van der Waals surface area contributed by atoms with Gasteiger partial charge in [-0.2, -0.15) is 0 Å². The molecule has 186 valence electrons. The zero-order chi connectivity index (χ0) is 24.8. The van der Waals surface area contributed by atoms with Crippen LogP contribution in [-0.4, -0.2) is 60.2 Å². The number of benzene rings is 2. The average Bonchev–Trinajstić information content (AvgIpc) is 3.28. The van der Waals surface area contributed by atoms with Crippen LogP contribution >= 0.6 is 0 Å². The van der Waals surface area contributed by atoms with Gasteiger partial charge in [0.2, 0.25) is 17.7 Å². The summed E-state index contributed by atoms with van der Waals surface area (Å²) in [5.41, 5.74) is 2.45. The number of rotatable bonds is 8. The summed E-state index contributed by atoms with van der Waals surface area (Å²) in [6.45, 7) is 4.57. The quantitative estimate of drug-likeness (QED) is 0.590. The van der Waals surface area contributed by atoms with E-state index in [0.29, 0.717) is 51.0 Å². The van der Waals surface area contributed by atoms with E-state index < -0.39 is 0 Å². The highest BCUT2D eigenvalue weighted by Gasteiger charge is 2.34. The lowest BCUT2D eigenvalue weighted by atomic mass is 9.83. The molecule has 6 nitrogen and oxygen atoms in total. The SMILES string of the molecule is Cc1cc(C2CC(C(=O)NCCCN3CCCC3=O)CN(C(=O)Cc3ccccc3)C2)ccc1F. The first-order chi connectivity index (χ1) is 16.9. The van der Waals surface area contributed by atoms with Gasteiger partial charge in [-0.05, 0) is 48.9 Å². The van der Waals surface area contributed by atoms with Crippen LogP contribution in [0.5, 0.6) is 0 Å². The van der Waals surface area contributed by atoms with Gasteiger partial charge in [0.1, 0.15) is 5.82 Å². The second-order valence-corrected chi connectivity index (χ2v) is 9.73. The number of likely N-dealkylation sites (tertiary alicyclic amines) is 2. The number of hydrogen-bond acceptors (Lipinski definition) is 3. The summed E-state index contributed by atoms with van der Waals surface area (Å²) in [4.78, 5) is 41.7. The van der Waals surface area contributed by atoms with Gasteiger partial charge in [-0.3, -0.25) is 14.4 Å². The van der Waals surface area contributed by atoms with E-state index in [1.54, 1.807) is 17.9 Å². The number of aryl methyl sites for hydroxylation is 1. The zero-order valence-corrected chi connectivity index (χ0v) is 20.3. The summed E-state index contributed by atoms with van der Waals surface area (Å²) in [6, 6.07) is 14.7. The summed E-state index contributed by atoms with van der Waals surface area (Å²) in [6.07, 6.45) is 3.13. The molecule has 2 atom stereocenters. The van der Waals surface area contributed by atoms with Crippen LogP contribution in [0.4, 0.5) is 4.39 Å². The maximum atomic E-state index is 13.9. The molecule has 0 saturated carbocycles. The zero-order valence-electron chi connectivity index (χ0n) is 20.3. The van der Waals surface area contributed by atoms with Crippen molar-refractivity contribution in [3.8, 4) is 0 Å². The number of halogens is 1. The lowest BCUT2D eigenvalue weighted by Crippen LogP contribution is -2.48. The number of piperidine rings is 1. The van der Waals surface area contributed by atoms with E-state index in [1.165, 1.54) is 6.07 Å². The van der Waals surface area contributed by atoms with Gasteiger partial charge < -0.3 is 15.1 Å². The standard InChI is InChI=1S/C28H34FN3O3/c1-20-15-22(10-11-25(20)29)23-17-24(28(35)30-12-6-14-31-13-5-9-26(31)33)19-32(18-23)27(34)16-21-7-3-2-4-8-21/h2-4,7-8,10-11,15,23-24H,5-6,9,12-14,16-19H2,1H3,(H,30,35). The number of carbonyl (C=O) groups excluding carboxylic acids is 3. The molecule has 7 heteroatoms. The maximum Gasteiger partial charge on any atom is 0.227 e. The van der Waals surface area contributed by atoms with E-state index in [0.717, 1.165) is 24.1 Å². The van der Waals surface area contributed by atoms with Crippen LogP contribution in [0.2, 0.25) is 0 Å². The molecule has 35 heavy (non-hydrogen) atoms. The second-order valence-electron chi connectivity index (χ2n) is 9.73. The average molecular weight is 480 g/mol. The Morgan fingerprint density at radius 2 is 1.91 bits per heavy atom. The van der Waals surface area contributed by atoms with Crippen molar-refractivity contribution in [2.24, 2.45) is 5.92 Å². The van der Waals surface area contributed by atoms with Gasteiger partial charge >= 0.3 is 0 Å². The molecular weight excluding hydrogens is 445 g/mol. The molecular formula is C28H34FN3O3. The van der Waals surface area contributed by atoms with Crippen molar-refractivity contribution < 1.29 is 18.8 Å². The number of carbonyl (C=O) groups is 3. The lowest BCUT2D eigenvalue weighted by Gasteiger charge is -2.37. The molecule has 2 heterocycles. The molecule has 0 bridgehead atoms. The fourth-order valence-corrected chi connectivity index (χ4v) is 5.10. The van der Waals surface area contributed by atoms with Gasteiger partial charge in [0.15, 0.2) is 0 Å². The van der Waals surface area contributed by atoms with E-state index in [-0.39, 0.29) is 41.8 Å². The molecule has 0 aromatic heterocycles. The molecule has 2 saturated heterocycles. The Kier molecular flexibility index (Phi) is 8.16. The first kappa shape index (κ1) is 24.9. The predicted octanol–water partition coefficient (Wildman–Crippen LogP) is 3.44. The molecule has 3 amide bonds. The van der Waals surface area contributed by atoms with Crippen LogP contribution in [0, 0.1) is 18.7 Å². The Morgan fingerprint density at radius 3 is 2.63 bits per heavy atom. The minimum absolute atomic E-state index is 0.00919. The highest BCUT2D eigenvalue weighted by atomic mass is 19.1. The molecule has 2 aliphatic rings. The molecule has 0 radical (unpaired) electrons. The lowest BCUT2D eigenvalue weighted by molar-refractivity contribution is -0.135. The van der Waals surface area contributed by atoms with Gasteiger partial charge in [0, 0.05) is 45.1 Å². The van der Waals surface area contributed by atoms with Crippen molar-refractivity contribution >= 4 is 17.7 Å². The molecule has 4 rings (SSSR count). The fraction of sp³-hybridized carbons (Fsp3) is 0.464. The first-order valence-electron chi connectivity index (χ1n) is 12.5. The third-order valence-corrected chi connectivity index (χ3v) is 7.10. The van der Waals surface area contributed by atoms with Crippen LogP contribution < -0.4 is 5.32 Å². The molecule has 0 aliphatic carbocycles. The molecule has 1 N–H and O–H groups in total. The van der Waals surface area contributed by atoms with Crippen LogP contribution in [0.1, 0.15) is 48.3 Å². The Morgan fingerprint density at radius 1 is 1.11 bits per heavy atom. The summed E-state index contributed by atoms with van der Waals surface area (Å²) >= 11 is 0. The van der Waals surface area contributed by atoms with Crippen LogP contribution in [0.25, 0.3) is 0 Å². The molecule has 2 unspecified atom stereocenters. The first-order valence-corrected chi connectivity index (χ1v) is 12.5. The second kappa shape index (κ2) is 11.5. The molecule has 2 aliphatic heterocycles. The minimum atomic E-state index is -0.341. The largest absolute Gasteiger partial charge is 0.356 e. The van der Waals surface area contributed by atoms with Crippen molar-refractivity contribution in [1.29, 1.82) is 0 Å². The third-order valence-electron chi connectivity index (χ3n) is 7.10. The van der Waals surface area contributed by atoms with E-state index in [2.05, 4.69) is 5.32 Å². The van der Waals surface area contributed by atoms with E-state index >= 15 is 0 Å². The molecule has 2 aromatic carbocycles. The van der Waals surface area contributed by atoms with Crippen molar-refractivity contribution in [1.82, 2.24) is 15.1 Å². The Hall–Kier alpha value is -3.22. The summed E-state index contributed by atoms with van der Waals surface area (Å²) in [5.74, 6) is -0.530. The predicted molar refractivity (Wildman–Crippen MR) is 132 cm³/mol. The van der Waals surface area contributed by atoms with Gasteiger partial charge in [-0.1, -0.05) is 42.5 Å². The Balaban J connectivity index is 1.41. The Labute approximate surface area is 206 Å². The summed E-state index contributed by atoms with van der Waals surface area (Å²) in [7, 11) is 0. The molecule has 2 fully saturated rings. The van der Waals surface area contributed by atoms with Gasteiger partial charge in [-0.25, -0.2) is 4.39 Å². The highest BCUT2D eigenvalue weighted by Crippen LogP contribution is 2.32. The van der Waals surface area contributed by atoms with Crippen molar-refractivity contribution in [3.05, 3.63) is 71.0 Å². The minimum Gasteiger partial charge on any atom is -0.356 e. The van der Waals surface area contributed by atoms with Gasteiger partial charge in [-0.15, -0.1) is 0 Å². The van der Waals surface area contributed by atoms with Crippen LogP contribution in [-0.2, 0) is 20.8 Å².